The molecule has 7 nitrogen and oxygen atoms in total. The number of Topliss-reactive ketones (excluding diaryl/α,β-unsaturated/α-hetero) is 2. The second kappa shape index (κ2) is 8.16. The van der Waals surface area contributed by atoms with E-state index in [9.17, 15) is 37.5 Å². The molecular formula is C21H21F3N2O5. The number of aromatic nitrogens is 2. The number of allylic oxidation sites excluding steroid dienone is 1. The second-order valence-corrected chi connectivity index (χ2v) is 7.50. The Bertz CT molecular complexity index is 1220. The number of rotatable bonds is 4. The molecule has 0 atom stereocenters. The summed E-state index contributed by atoms with van der Waals surface area (Å²) in [5.41, 5.74) is -2.41. The molecule has 1 aliphatic rings. The van der Waals surface area contributed by atoms with Crippen molar-refractivity contribution in [1.29, 1.82) is 0 Å². The zero-order valence-electron chi connectivity index (χ0n) is 17.0. The van der Waals surface area contributed by atoms with E-state index in [-0.39, 0.29) is 47.0 Å². The molecule has 0 spiro atoms. The van der Waals surface area contributed by atoms with Gasteiger partial charge in [0.2, 0.25) is 0 Å². The van der Waals surface area contributed by atoms with Crippen LogP contribution in [-0.4, -0.2) is 32.0 Å². The molecule has 10 heteroatoms. The average Bonchev–Trinajstić information content (AvgIpc) is 2.67. The summed E-state index contributed by atoms with van der Waals surface area (Å²) in [7, 11) is 0. The smallest absolute Gasteiger partial charge is 0.406 e. The van der Waals surface area contributed by atoms with E-state index in [1.807, 2.05) is 0 Å². The van der Waals surface area contributed by atoms with Crippen LogP contribution in [0, 0.1) is 6.92 Å². The van der Waals surface area contributed by atoms with E-state index in [0.29, 0.717) is 17.4 Å². The molecule has 0 radical (unpaired) electrons. The Morgan fingerprint density at radius 3 is 2.23 bits per heavy atom. The van der Waals surface area contributed by atoms with E-state index in [1.54, 1.807) is 6.92 Å². The molecule has 0 amide bonds. The summed E-state index contributed by atoms with van der Waals surface area (Å²) in [4.78, 5) is 50.0. The molecule has 0 unspecified atom stereocenters. The number of carbonyl (C=O) groups excluding carboxylic acids is 2. The normalized spacial score (nSPS) is 15.1. The van der Waals surface area contributed by atoms with Crippen LogP contribution in [0.5, 0.6) is 0 Å². The van der Waals surface area contributed by atoms with Gasteiger partial charge in [0.25, 0.3) is 5.56 Å². The highest BCUT2D eigenvalue weighted by atomic mass is 19.4. The largest absolute Gasteiger partial charge is 0.506 e. The van der Waals surface area contributed by atoms with Crippen molar-refractivity contribution in [3.05, 3.63) is 49.7 Å². The van der Waals surface area contributed by atoms with Gasteiger partial charge in [-0.05, 0) is 37.5 Å². The third-order valence-electron chi connectivity index (χ3n) is 5.30. The molecule has 1 N–H and O–H groups in total. The highest BCUT2D eigenvalue weighted by molar-refractivity contribution is 6.25. The minimum atomic E-state index is -4.71. The Balaban J connectivity index is 2.39. The van der Waals surface area contributed by atoms with Crippen molar-refractivity contribution in [2.75, 3.05) is 0 Å². The van der Waals surface area contributed by atoms with Crippen molar-refractivity contribution >= 4 is 28.2 Å². The summed E-state index contributed by atoms with van der Waals surface area (Å²) in [5, 5.41) is 10.5. The van der Waals surface area contributed by atoms with Crippen LogP contribution in [0.15, 0.2) is 27.3 Å². The lowest BCUT2D eigenvalue weighted by Gasteiger charge is -2.19. The molecule has 1 saturated carbocycles. The fourth-order valence-electron chi connectivity index (χ4n) is 3.89. The Labute approximate surface area is 174 Å². The van der Waals surface area contributed by atoms with Crippen LogP contribution in [0.1, 0.15) is 43.7 Å². The first kappa shape index (κ1) is 22.5. The fraction of sp³-hybridized carbons (Fsp3) is 0.429. The topological polar surface area (TPSA) is 98.4 Å². The third-order valence-corrected chi connectivity index (χ3v) is 5.30. The number of aliphatic hydroxyl groups is 1. The van der Waals surface area contributed by atoms with Crippen molar-refractivity contribution in [2.24, 2.45) is 0 Å². The van der Waals surface area contributed by atoms with Gasteiger partial charge in [0.05, 0.1) is 10.9 Å². The minimum Gasteiger partial charge on any atom is -0.506 e. The highest BCUT2D eigenvalue weighted by Crippen LogP contribution is 2.29. The Morgan fingerprint density at radius 2 is 1.68 bits per heavy atom. The number of benzene rings is 1. The molecular weight excluding hydrogens is 417 g/mol. The van der Waals surface area contributed by atoms with Crippen LogP contribution in [0.3, 0.4) is 0 Å². The van der Waals surface area contributed by atoms with E-state index in [2.05, 4.69) is 0 Å². The van der Waals surface area contributed by atoms with E-state index < -0.39 is 41.3 Å². The maximum atomic E-state index is 13.1. The summed E-state index contributed by atoms with van der Waals surface area (Å²) < 4.78 is 40.6. The number of carbonyl (C=O) groups is 2. The van der Waals surface area contributed by atoms with Gasteiger partial charge in [-0.15, -0.1) is 0 Å². The average molecular weight is 438 g/mol. The van der Waals surface area contributed by atoms with Crippen molar-refractivity contribution in [1.82, 2.24) is 9.13 Å². The lowest BCUT2D eigenvalue weighted by atomic mass is 9.88. The maximum Gasteiger partial charge on any atom is 0.406 e. The standard InChI is InChI=1S/C21H21F3N2O5/c1-3-9-25-19(30)16-11(2)12(18(29)17-14(27)5-4-6-15(17)28)7-8-13(16)26(20(25)31)10-21(22,23)24/h7-8,29H,3-6,9-10H2,1-2H3. The van der Waals surface area contributed by atoms with Crippen LogP contribution < -0.4 is 11.2 Å². The number of aliphatic hydroxyl groups excluding tert-OH is 1. The summed E-state index contributed by atoms with van der Waals surface area (Å²) >= 11 is 0. The van der Waals surface area contributed by atoms with Crippen LogP contribution >= 0.6 is 0 Å². The number of nitrogens with zero attached hydrogens (tertiary/aromatic N) is 2. The first-order valence-corrected chi connectivity index (χ1v) is 9.81. The molecule has 1 heterocycles. The first-order valence-electron chi connectivity index (χ1n) is 9.81. The van der Waals surface area contributed by atoms with Crippen molar-refractivity contribution in [3.63, 3.8) is 0 Å². The highest BCUT2D eigenvalue weighted by Gasteiger charge is 2.32. The van der Waals surface area contributed by atoms with Crippen LogP contribution in [0.4, 0.5) is 13.2 Å². The molecule has 0 bridgehead atoms. The lowest BCUT2D eigenvalue weighted by Crippen LogP contribution is -2.42. The van der Waals surface area contributed by atoms with Gasteiger partial charge >= 0.3 is 11.9 Å². The van der Waals surface area contributed by atoms with E-state index in [4.69, 9.17) is 0 Å². The zero-order valence-corrected chi connectivity index (χ0v) is 17.0. The molecule has 31 heavy (non-hydrogen) atoms. The zero-order chi connectivity index (χ0) is 23.1. The van der Waals surface area contributed by atoms with E-state index >= 15 is 0 Å². The Hall–Kier alpha value is -3.17. The van der Waals surface area contributed by atoms with Gasteiger partial charge in [-0.25, -0.2) is 4.79 Å². The number of fused-ring (bicyclic) bond motifs is 1. The van der Waals surface area contributed by atoms with Crippen molar-refractivity contribution in [2.45, 2.75) is 58.8 Å². The number of halogens is 3. The summed E-state index contributed by atoms with van der Waals surface area (Å²) in [5.74, 6) is -1.67. The second-order valence-electron chi connectivity index (χ2n) is 7.50. The summed E-state index contributed by atoms with van der Waals surface area (Å²) in [6, 6.07) is 2.34. The predicted molar refractivity (Wildman–Crippen MR) is 107 cm³/mol. The minimum absolute atomic E-state index is 0.0107. The summed E-state index contributed by atoms with van der Waals surface area (Å²) in [6.45, 7) is 1.39. The number of hydrogen-bond acceptors (Lipinski definition) is 5. The molecule has 1 aliphatic carbocycles. The van der Waals surface area contributed by atoms with Crippen LogP contribution in [-0.2, 0) is 22.7 Å². The predicted octanol–water partition coefficient (Wildman–Crippen LogP) is 3.04. The van der Waals surface area contributed by atoms with Gasteiger partial charge in [0.1, 0.15) is 17.9 Å². The van der Waals surface area contributed by atoms with Gasteiger partial charge in [-0.1, -0.05) is 6.92 Å². The van der Waals surface area contributed by atoms with Gasteiger partial charge in [0, 0.05) is 24.9 Å². The lowest BCUT2D eigenvalue weighted by molar-refractivity contribution is -0.140. The molecule has 1 aromatic carbocycles. The first-order chi connectivity index (χ1) is 14.5. The van der Waals surface area contributed by atoms with E-state index in [1.165, 1.54) is 13.0 Å². The Kier molecular flexibility index (Phi) is 5.93. The van der Waals surface area contributed by atoms with Gasteiger partial charge in [-0.2, -0.15) is 13.2 Å². The molecule has 2 aromatic rings. The SMILES string of the molecule is CCCn1c(=O)c2c(C)c(C(O)=C3C(=O)CCCC3=O)ccc2n(CC(F)(F)F)c1=O. The number of hydrogen-bond donors (Lipinski definition) is 1. The molecule has 166 valence electrons. The third kappa shape index (κ3) is 4.06. The van der Waals surface area contributed by atoms with Gasteiger partial charge in [0.15, 0.2) is 11.6 Å². The van der Waals surface area contributed by atoms with Crippen molar-refractivity contribution < 1.29 is 27.9 Å². The summed E-state index contributed by atoms with van der Waals surface area (Å²) in [6.07, 6.45) is -3.82. The molecule has 0 aliphatic heterocycles. The monoisotopic (exact) mass is 438 g/mol. The fourth-order valence-corrected chi connectivity index (χ4v) is 3.89. The Morgan fingerprint density at radius 1 is 1.06 bits per heavy atom. The molecule has 1 aromatic heterocycles. The van der Waals surface area contributed by atoms with Crippen molar-refractivity contribution in [3.8, 4) is 0 Å². The van der Waals surface area contributed by atoms with Crippen LogP contribution in [0.25, 0.3) is 16.7 Å². The van der Waals surface area contributed by atoms with Gasteiger partial charge < -0.3 is 5.11 Å². The molecule has 3 rings (SSSR count). The molecule has 0 saturated heterocycles. The maximum absolute atomic E-state index is 13.1. The van der Waals surface area contributed by atoms with Crippen LogP contribution in [0.2, 0.25) is 0 Å². The number of aryl methyl sites for hydroxylation is 1. The quantitative estimate of drug-likeness (QED) is 0.450. The number of alkyl halides is 3. The molecule has 1 fully saturated rings. The number of ketones is 2. The van der Waals surface area contributed by atoms with Gasteiger partial charge in [-0.3, -0.25) is 23.5 Å². The van der Waals surface area contributed by atoms with E-state index in [0.717, 1.165) is 10.6 Å².